The Morgan fingerprint density at radius 2 is 1.86 bits per heavy atom. The number of nitrogens with one attached hydrogen (secondary N) is 1. The first-order chi connectivity index (χ1) is 14.2. The highest BCUT2D eigenvalue weighted by Crippen LogP contribution is 2.31. The molecule has 0 unspecified atom stereocenters. The molecule has 1 amide bonds. The third kappa shape index (κ3) is 7.19. The number of rotatable bonds is 9. The van der Waals surface area contributed by atoms with Crippen LogP contribution in [-0.4, -0.2) is 44.0 Å². The highest BCUT2D eigenvalue weighted by molar-refractivity contribution is 7.98. The summed E-state index contributed by atoms with van der Waals surface area (Å²) in [5.41, 5.74) is 2.04. The topological polar surface area (TPSA) is 73.9 Å². The van der Waals surface area contributed by atoms with Gasteiger partial charge in [0.25, 0.3) is 5.91 Å². The van der Waals surface area contributed by atoms with E-state index in [9.17, 15) is 9.59 Å². The molecule has 0 saturated heterocycles. The van der Waals surface area contributed by atoms with Crippen LogP contribution >= 0.6 is 11.8 Å². The molecular formula is C22H23NO5S. The summed E-state index contributed by atoms with van der Waals surface area (Å²) in [6.07, 6.45) is 2.90. The molecule has 3 rings (SSSR count). The van der Waals surface area contributed by atoms with E-state index in [1.807, 2.05) is 24.3 Å². The number of hydrogen-bond acceptors (Lipinski definition) is 6. The molecule has 0 bridgehead atoms. The van der Waals surface area contributed by atoms with Crippen LogP contribution < -0.4 is 14.8 Å². The summed E-state index contributed by atoms with van der Waals surface area (Å²) in [6.45, 7) is 1.26. The minimum atomic E-state index is -0.575. The van der Waals surface area contributed by atoms with E-state index in [1.165, 1.54) is 11.6 Å². The monoisotopic (exact) mass is 413 g/mol. The molecule has 0 fully saturated rings. The Kier molecular flexibility index (Phi) is 8.01. The van der Waals surface area contributed by atoms with Gasteiger partial charge >= 0.3 is 5.97 Å². The van der Waals surface area contributed by atoms with Crippen molar-refractivity contribution >= 4 is 29.7 Å². The largest absolute Gasteiger partial charge is 0.486 e. The summed E-state index contributed by atoms with van der Waals surface area (Å²) in [6, 6.07) is 15.6. The van der Waals surface area contributed by atoms with Gasteiger partial charge in [0.1, 0.15) is 13.2 Å². The fourth-order valence-electron chi connectivity index (χ4n) is 2.59. The Morgan fingerprint density at radius 3 is 2.69 bits per heavy atom. The van der Waals surface area contributed by atoms with E-state index in [0.29, 0.717) is 31.3 Å². The van der Waals surface area contributed by atoms with E-state index in [1.54, 1.807) is 30.0 Å². The van der Waals surface area contributed by atoms with Crippen molar-refractivity contribution in [3.05, 3.63) is 65.7 Å². The normalized spacial score (nSPS) is 12.6. The second kappa shape index (κ2) is 11.2. The zero-order valence-corrected chi connectivity index (χ0v) is 16.8. The summed E-state index contributed by atoms with van der Waals surface area (Å²) in [7, 11) is 0. The molecule has 1 heterocycles. The lowest BCUT2D eigenvalue weighted by Crippen LogP contribution is -2.30. The molecule has 0 spiro atoms. The molecule has 1 aliphatic heterocycles. The minimum Gasteiger partial charge on any atom is -0.486 e. The number of hydrogen-bond donors (Lipinski definition) is 1. The number of carbonyl (C=O) groups excluding carboxylic acids is 2. The molecule has 7 heteroatoms. The Balaban J connectivity index is 1.30. The molecule has 2 aromatic rings. The minimum absolute atomic E-state index is 0.298. The third-order valence-corrected chi connectivity index (χ3v) is 5.03. The summed E-state index contributed by atoms with van der Waals surface area (Å²) in [5.74, 6) is 2.14. The number of fused-ring (bicyclic) bond motifs is 1. The van der Waals surface area contributed by atoms with Crippen molar-refractivity contribution in [2.24, 2.45) is 0 Å². The first kappa shape index (κ1) is 20.8. The lowest BCUT2D eigenvalue weighted by Gasteiger charge is -2.18. The van der Waals surface area contributed by atoms with Gasteiger partial charge in [0.15, 0.2) is 18.1 Å². The molecule has 0 aliphatic carbocycles. The van der Waals surface area contributed by atoms with E-state index < -0.39 is 5.97 Å². The molecule has 29 heavy (non-hydrogen) atoms. The smallest absolute Gasteiger partial charge is 0.331 e. The molecular weight excluding hydrogens is 390 g/mol. The summed E-state index contributed by atoms with van der Waals surface area (Å²) >= 11 is 1.74. The molecule has 2 aromatic carbocycles. The molecule has 0 aromatic heterocycles. The molecule has 1 N–H and O–H groups in total. The molecule has 0 saturated carbocycles. The average molecular weight is 413 g/mol. The van der Waals surface area contributed by atoms with Crippen LogP contribution in [0.5, 0.6) is 11.5 Å². The van der Waals surface area contributed by atoms with Gasteiger partial charge in [-0.2, -0.15) is 11.8 Å². The maximum atomic E-state index is 11.8. The van der Waals surface area contributed by atoms with Gasteiger partial charge in [-0.3, -0.25) is 4.79 Å². The van der Waals surface area contributed by atoms with Crippen LogP contribution in [0.2, 0.25) is 0 Å². The first-order valence-electron chi connectivity index (χ1n) is 9.33. The van der Waals surface area contributed by atoms with E-state index in [2.05, 4.69) is 17.4 Å². The van der Waals surface area contributed by atoms with Crippen LogP contribution in [0, 0.1) is 0 Å². The van der Waals surface area contributed by atoms with Crippen molar-refractivity contribution in [2.75, 3.05) is 32.1 Å². The van der Waals surface area contributed by atoms with Gasteiger partial charge in [-0.25, -0.2) is 4.79 Å². The van der Waals surface area contributed by atoms with Gasteiger partial charge in [-0.1, -0.05) is 36.4 Å². The number of ether oxygens (including phenoxy) is 3. The molecule has 1 aliphatic rings. The average Bonchev–Trinajstić information content (AvgIpc) is 2.76. The standard InChI is InChI=1S/C22H23NO5S/c24-21(23-10-13-29-16-18-4-2-1-3-5-18)15-28-22(25)9-7-17-6-8-19-20(14-17)27-12-11-26-19/h1-9,14H,10-13,15-16H2,(H,23,24)/b9-7+. The lowest BCUT2D eigenvalue weighted by atomic mass is 10.2. The van der Waals surface area contributed by atoms with Gasteiger partial charge in [-0.05, 0) is 29.3 Å². The lowest BCUT2D eigenvalue weighted by molar-refractivity contribution is -0.143. The quantitative estimate of drug-likeness (QED) is 0.387. The van der Waals surface area contributed by atoms with E-state index in [4.69, 9.17) is 14.2 Å². The van der Waals surface area contributed by atoms with Crippen molar-refractivity contribution in [3.63, 3.8) is 0 Å². The Morgan fingerprint density at radius 1 is 1.07 bits per heavy atom. The Bertz CT molecular complexity index is 854. The Hall–Kier alpha value is -2.93. The maximum absolute atomic E-state index is 11.8. The fourth-order valence-corrected chi connectivity index (χ4v) is 3.41. The summed E-state index contributed by atoms with van der Waals surface area (Å²) < 4.78 is 15.9. The number of amides is 1. The van der Waals surface area contributed by atoms with Crippen molar-refractivity contribution in [1.29, 1.82) is 0 Å². The summed E-state index contributed by atoms with van der Waals surface area (Å²) in [5, 5.41) is 2.74. The van der Waals surface area contributed by atoms with Crippen LogP contribution in [0.4, 0.5) is 0 Å². The highest BCUT2D eigenvalue weighted by Gasteiger charge is 2.11. The highest BCUT2D eigenvalue weighted by atomic mass is 32.2. The van der Waals surface area contributed by atoms with Gasteiger partial charge in [-0.15, -0.1) is 0 Å². The van der Waals surface area contributed by atoms with E-state index >= 15 is 0 Å². The van der Waals surface area contributed by atoms with Crippen LogP contribution in [0.3, 0.4) is 0 Å². The van der Waals surface area contributed by atoms with E-state index in [0.717, 1.165) is 17.1 Å². The number of carbonyl (C=O) groups is 2. The first-order valence-corrected chi connectivity index (χ1v) is 10.5. The van der Waals surface area contributed by atoms with Crippen molar-refractivity contribution in [1.82, 2.24) is 5.32 Å². The zero-order valence-electron chi connectivity index (χ0n) is 16.0. The second-order valence-electron chi connectivity index (χ2n) is 6.23. The van der Waals surface area contributed by atoms with Gasteiger partial charge in [0.05, 0.1) is 0 Å². The third-order valence-electron chi connectivity index (χ3n) is 4.00. The second-order valence-corrected chi connectivity index (χ2v) is 7.34. The Labute approximate surface area is 174 Å². The van der Waals surface area contributed by atoms with E-state index in [-0.39, 0.29) is 12.5 Å². The molecule has 6 nitrogen and oxygen atoms in total. The predicted molar refractivity (Wildman–Crippen MR) is 113 cm³/mol. The van der Waals surface area contributed by atoms with Crippen LogP contribution in [0.15, 0.2) is 54.6 Å². The molecule has 0 radical (unpaired) electrons. The van der Waals surface area contributed by atoms with Crippen LogP contribution in [0.25, 0.3) is 6.08 Å². The summed E-state index contributed by atoms with van der Waals surface area (Å²) in [4.78, 5) is 23.6. The SMILES string of the molecule is O=C(COC(=O)/C=C/c1ccc2c(c1)OCCO2)NCCSCc1ccccc1. The molecule has 0 atom stereocenters. The number of esters is 1. The predicted octanol–water partition coefficient (Wildman–Crippen LogP) is 3.06. The van der Waals surface area contributed by atoms with Gasteiger partial charge in [0, 0.05) is 24.1 Å². The molecule has 152 valence electrons. The van der Waals surface area contributed by atoms with Crippen molar-refractivity contribution in [3.8, 4) is 11.5 Å². The van der Waals surface area contributed by atoms with Crippen LogP contribution in [-0.2, 0) is 20.1 Å². The van der Waals surface area contributed by atoms with Crippen molar-refractivity contribution < 1.29 is 23.8 Å². The van der Waals surface area contributed by atoms with Gasteiger partial charge < -0.3 is 19.5 Å². The van der Waals surface area contributed by atoms with Crippen molar-refractivity contribution in [2.45, 2.75) is 5.75 Å². The fraction of sp³-hybridized carbons (Fsp3) is 0.273. The van der Waals surface area contributed by atoms with Crippen LogP contribution in [0.1, 0.15) is 11.1 Å². The number of thioether (sulfide) groups is 1. The van der Waals surface area contributed by atoms with Gasteiger partial charge in [0.2, 0.25) is 0 Å². The number of benzene rings is 2. The zero-order chi connectivity index (χ0) is 20.3. The maximum Gasteiger partial charge on any atom is 0.331 e.